The summed E-state index contributed by atoms with van der Waals surface area (Å²) in [4.78, 5) is 23.5. The summed E-state index contributed by atoms with van der Waals surface area (Å²) in [5.41, 5.74) is 0. The van der Waals surface area contributed by atoms with Crippen LogP contribution >= 0.6 is 0 Å². The summed E-state index contributed by atoms with van der Waals surface area (Å²) in [5.74, 6) is 1.62. The second-order valence-corrected chi connectivity index (χ2v) is 7.46. The van der Waals surface area contributed by atoms with Crippen molar-refractivity contribution in [2.45, 2.75) is 58.0 Å². The molecule has 1 atom stereocenters. The van der Waals surface area contributed by atoms with Gasteiger partial charge in [0.2, 0.25) is 11.8 Å². The van der Waals surface area contributed by atoms with Crippen molar-refractivity contribution in [2.24, 2.45) is 0 Å². The van der Waals surface area contributed by atoms with Crippen molar-refractivity contribution in [3.8, 4) is 0 Å². The highest BCUT2D eigenvalue weighted by atomic mass is 16.5. The van der Waals surface area contributed by atoms with Gasteiger partial charge in [0.25, 0.3) is 0 Å². The second-order valence-electron chi connectivity index (χ2n) is 7.46. The first kappa shape index (κ1) is 18.3. The highest BCUT2D eigenvalue weighted by molar-refractivity contribution is 5.78. The Morgan fingerprint density at radius 3 is 2.52 bits per heavy atom. The van der Waals surface area contributed by atoms with E-state index in [1.165, 1.54) is 19.3 Å². The Labute approximate surface area is 150 Å². The number of aromatic nitrogens is 2. The minimum atomic E-state index is 0.129. The second kappa shape index (κ2) is 8.27. The maximum absolute atomic E-state index is 12.6. The minimum absolute atomic E-state index is 0.129. The standard InChI is InChI=1S/C18H31N5O2/c1-14(18-19-15(2)20-25-18)23-11-9-22(10-12-23)13-17(24)21(3)16-7-5-4-6-8-16/h14,16H,4-13H2,1-3H3/t14-/m0/s1. The first-order valence-electron chi connectivity index (χ1n) is 9.57. The minimum Gasteiger partial charge on any atom is -0.342 e. The molecule has 1 amide bonds. The van der Waals surface area contributed by atoms with Crippen molar-refractivity contribution >= 4 is 5.91 Å². The lowest BCUT2D eigenvalue weighted by Crippen LogP contribution is -2.51. The SMILES string of the molecule is Cc1noc([C@H](C)N2CCN(CC(=O)N(C)C3CCCCC3)CC2)n1. The molecule has 1 aromatic heterocycles. The zero-order valence-electron chi connectivity index (χ0n) is 15.8. The van der Waals surface area contributed by atoms with Crippen LogP contribution in [0.4, 0.5) is 0 Å². The van der Waals surface area contributed by atoms with Crippen LogP contribution in [0.25, 0.3) is 0 Å². The van der Waals surface area contributed by atoms with Crippen LogP contribution < -0.4 is 0 Å². The fourth-order valence-electron chi connectivity index (χ4n) is 3.92. The first-order valence-corrected chi connectivity index (χ1v) is 9.57. The number of piperazine rings is 1. The zero-order chi connectivity index (χ0) is 17.8. The lowest BCUT2D eigenvalue weighted by Gasteiger charge is -2.38. The van der Waals surface area contributed by atoms with Gasteiger partial charge in [0.15, 0.2) is 5.82 Å². The van der Waals surface area contributed by atoms with Gasteiger partial charge < -0.3 is 9.42 Å². The lowest BCUT2D eigenvalue weighted by atomic mass is 9.94. The number of hydrogen-bond acceptors (Lipinski definition) is 6. The van der Waals surface area contributed by atoms with E-state index in [9.17, 15) is 4.79 Å². The molecule has 2 aliphatic rings. The average molecular weight is 349 g/mol. The first-order chi connectivity index (χ1) is 12.0. The highest BCUT2D eigenvalue weighted by Crippen LogP contribution is 2.22. The molecule has 7 nitrogen and oxygen atoms in total. The summed E-state index contributed by atoms with van der Waals surface area (Å²) >= 11 is 0. The molecule has 0 aromatic carbocycles. The Hall–Kier alpha value is -1.47. The molecule has 0 spiro atoms. The molecule has 2 heterocycles. The van der Waals surface area contributed by atoms with Crippen molar-refractivity contribution in [3.63, 3.8) is 0 Å². The van der Waals surface area contributed by atoms with E-state index in [2.05, 4.69) is 26.9 Å². The molecule has 1 saturated heterocycles. The third-order valence-corrected chi connectivity index (χ3v) is 5.73. The maximum atomic E-state index is 12.6. The van der Waals surface area contributed by atoms with Crippen molar-refractivity contribution in [1.29, 1.82) is 0 Å². The van der Waals surface area contributed by atoms with E-state index in [0.29, 0.717) is 24.3 Å². The van der Waals surface area contributed by atoms with Gasteiger partial charge in [-0.1, -0.05) is 24.4 Å². The molecular weight excluding hydrogens is 318 g/mol. The summed E-state index contributed by atoms with van der Waals surface area (Å²) in [6.45, 7) is 8.13. The molecule has 3 rings (SSSR count). The summed E-state index contributed by atoms with van der Waals surface area (Å²) in [7, 11) is 1.98. The number of carbonyl (C=O) groups is 1. The maximum Gasteiger partial charge on any atom is 0.243 e. The van der Waals surface area contributed by atoms with Gasteiger partial charge in [-0.3, -0.25) is 14.6 Å². The van der Waals surface area contributed by atoms with E-state index in [1.807, 2.05) is 18.9 Å². The summed E-state index contributed by atoms with van der Waals surface area (Å²) in [5, 5.41) is 3.88. The third kappa shape index (κ3) is 4.58. The van der Waals surface area contributed by atoms with Crippen LogP contribution in [0.3, 0.4) is 0 Å². The molecule has 0 N–H and O–H groups in total. The van der Waals surface area contributed by atoms with E-state index < -0.39 is 0 Å². The molecule has 0 unspecified atom stereocenters. The molecule has 0 radical (unpaired) electrons. The molecule has 1 aliphatic heterocycles. The molecule has 2 fully saturated rings. The molecule has 1 saturated carbocycles. The van der Waals surface area contributed by atoms with Crippen LogP contribution in [-0.2, 0) is 4.79 Å². The van der Waals surface area contributed by atoms with E-state index >= 15 is 0 Å². The van der Waals surface area contributed by atoms with E-state index in [-0.39, 0.29) is 11.9 Å². The van der Waals surface area contributed by atoms with Gasteiger partial charge in [-0.2, -0.15) is 4.98 Å². The van der Waals surface area contributed by atoms with Crippen LogP contribution in [0.2, 0.25) is 0 Å². The number of carbonyl (C=O) groups excluding carboxylic acids is 1. The van der Waals surface area contributed by atoms with Gasteiger partial charge in [0.1, 0.15) is 0 Å². The van der Waals surface area contributed by atoms with Gasteiger partial charge in [-0.05, 0) is 26.7 Å². The third-order valence-electron chi connectivity index (χ3n) is 5.73. The molecule has 140 valence electrons. The lowest BCUT2D eigenvalue weighted by molar-refractivity contribution is -0.134. The molecule has 1 aromatic rings. The Morgan fingerprint density at radius 1 is 1.24 bits per heavy atom. The monoisotopic (exact) mass is 349 g/mol. The Morgan fingerprint density at radius 2 is 1.92 bits per heavy atom. The summed E-state index contributed by atoms with van der Waals surface area (Å²) < 4.78 is 5.29. The fraction of sp³-hybridized carbons (Fsp3) is 0.833. The van der Waals surface area contributed by atoms with Gasteiger partial charge in [-0.25, -0.2) is 0 Å². The average Bonchev–Trinajstić information content (AvgIpc) is 3.08. The van der Waals surface area contributed by atoms with Gasteiger partial charge in [0.05, 0.1) is 12.6 Å². The number of nitrogens with zero attached hydrogens (tertiary/aromatic N) is 5. The van der Waals surface area contributed by atoms with Crippen LogP contribution in [0.1, 0.15) is 56.8 Å². The smallest absolute Gasteiger partial charge is 0.243 e. The van der Waals surface area contributed by atoms with E-state index in [4.69, 9.17) is 4.52 Å². The number of rotatable bonds is 5. The molecule has 25 heavy (non-hydrogen) atoms. The van der Waals surface area contributed by atoms with E-state index in [0.717, 1.165) is 39.0 Å². The number of amides is 1. The summed E-state index contributed by atoms with van der Waals surface area (Å²) in [6, 6.07) is 0.576. The molecule has 0 bridgehead atoms. The topological polar surface area (TPSA) is 65.7 Å². The van der Waals surface area contributed by atoms with Crippen LogP contribution in [0, 0.1) is 6.92 Å². The van der Waals surface area contributed by atoms with Crippen molar-refractivity contribution in [3.05, 3.63) is 11.7 Å². The normalized spacial score (nSPS) is 22.0. The Bertz CT molecular complexity index is 562. The highest BCUT2D eigenvalue weighted by Gasteiger charge is 2.28. The van der Waals surface area contributed by atoms with Gasteiger partial charge >= 0.3 is 0 Å². The Kier molecular flexibility index (Phi) is 6.06. The number of aryl methyl sites for hydroxylation is 1. The molecule has 1 aliphatic carbocycles. The van der Waals surface area contributed by atoms with Crippen molar-refractivity contribution < 1.29 is 9.32 Å². The number of likely N-dealkylation sites (N-methyl/N-ethyl adjacent to an activating group) is 1. The van der Waals surface area contributed by atoms with Gasteiger partial charge in [0, 0.05) is 39.3 Å². The van der Waals surface area contributed by atoms with Crippen molar-refractivity contribution in [1.82, 2.24) is 24.8 Å². The molecular formula is C18H31N5O2. The van der Waals surface area contributed by atoms with Gasteiger partial charge in [-0.15, -0.1) is 0 Å². The van der Waals surface area contributed by atoms with E-state index in [1.54, 1.807) is 0 Å². The zero-order valence-corrected chi connectivity index (χ0v) is 15.8. The predicted octanol–water partition coefficient (Wildman–Crippen LogP) is 1.85. The Balaban J connectivity index is 1.44. The quantitative estimate of drug-likeness (QED) is 0.808. The van der Waals surface area contributed by atoms with Crippen molar-refractivity contribution in [2.75, 3.05) is 39.8 Å². The van der Waals surface area contributed by atoms with Crippen LogP contribution in [0.5, 0.6) is 0 Å². The molecule has 7 heteroatoms. The van der Waals surface area contributed by atoms with Crippen LogP contribution in [0.15, 0.2) is 4.52 Å². The predicted molar refractivity (Wildman–Crippen MR) is 95.1 cm³/mol. The number of hydrogen-bond donors (Lipinski definition) is 0. The fourth-order valence-corrected chi connectivity index (χ4v) is 3.92. The largest absolute Gasteiger partial charge is 0.342 e. The summed E-state index contributed by atoms with van der Waals surface area (Å²) in [6.07, 6.45) is 6.16. The van der Waals surface area contributed by atoms with Crippen LogP contribution in [-0.4, -0.2) is 76.6 Å².